The Bertz CT molecular complexity index is 509. The van der Waals surface area contributed by atoms with Gasteiger partial charge in [0.15, 0.2) is 5.13 Å². The van der Waals surface area contributed by atoms with E-state index in [0.29, 0.717) is 10.8 Å². The number of nitrogen functional groups attached to an aromatic ring is 1. The molecule has 0 aliphatic rings. The van der Waals surface area contributed by atoms with Crippen molar-refractivity contribution in [2.75, 3.05) is 5.73 Å². The Kier molecular flexibility index (Phi) is 4.66. The summed E-state index contributed by atoms with van der Waals surface area (Å²) in [6.07, 6.45) is 0. The zero-order valence-electron chi connectivity index (χ0n) is 9.68. The molecule has 1 heterocycles. The Labute approximate surface area is 104 Å². The van der Waals surface area contributed by atoms with Crippen molar-refractivity contribution in [3.63, 3.8) is 0 Å². The van der Waals surface area contributed by atoms with E-state index in [-0.39, 0.29) is 5.56 Å². The Morgan fingerprint density at radius 2 is 2.12 bits per heavy atom. The quantitative estimate of drug-likeness (QED) is 0.858. The van der Waals surface area contributed by atoms with Gasteiger partial charge in [0.2, 0.25) is 0 Å². The molecule has 3 N–H and O–H groups in total. The van der Waals surface area contributed by atoms with Gasteiger partial charge in [-0.15, -0.1) is 11.3 Å². The molecule has 4 nitrogen and oxygen atoms in total. The van der Waals surface area contributed by atoms with E-state index in [1.807, 2.05) is 13.8 Å². The molecule has 0 unspecified atom stereocenters. The third-order valence-electron chi connectivity index (χ3n) is 1.93. The van der Waals surface area contributed by atoms with Gasteiger partial charge in [0.05, 0.1) is 11.3 Å². The van der Waals surface area contributed by atoms with Crippen molar-refractivity contribution in [3.05, 3.63) is 35.2 Å². The first-order valence-corrected chi connectivity index (χ1v) is 6.09. The van der Waals surface area contributed by atoms with E-state index in [4.69, 9.17) is 10.8 Å². The van der Waals surface area contributed by atoms with Crippen LogP contribution < -0.4 is 5.73 Å². The molecule has 0 aliphatic carbocycles. The molecule has 0 saturated heterocycles. The van der Waals surface area contributed by atoms with Crippen molar-refractivity contribution < 1.29 is 9.90 Å². The highest BCUT2D eigenvalue weighted by atomic mass is 32.1. The molecule has 17 heavy (non-hydrogen) atoms. The number of benzene rings is 1. The summed E-state index contributed by atoms with van der Waals surface area (Å²) in [4.78, 5) is 14.8. The van der Waals surface area contributed by atoms with Crippen LogP contribution in [-0.4, -0.2) is 16.1 Å². The van der Waals surface area contributed by atoms with E-state index in [1.165, 1.54) is 11.3 Å². The van der Waals surface area contributed by atoms with Gasteiger partial charge >= 0.3 is 5.97 Å². The summed E-state index contributed by atoms with van der Waals surface area (Å²) in [5.74, 6) is -0.944. The number of aromatic nitrogens is 1. The SMILES string of the molecule is CC.Nc1nc(-c2cccc(C(=O)O)c2)cs1. The van der Waals surface area contributed by atoms with E-state index >= 15 is 0 Å². The van der Waals surface area contributed by atoms with Crippen molar-refractivity contribution in [1.29, 1.82) is 0 Å². The number of anilines is 1. The lowest BCUT2D eigenvalue weighted by Gasteiger charge is -1.98. The van der Waals surface area contributed by atoms with Crippen molar-refractivity contribution in [2.24, 2.45) is 0 Å². The molecule has 0 atom stereocenters. The third-order valence-corrected chi connectivity index (χ3v) is 2.60. The smallest absolute Gasteiger partial charge is 0.335 e. The number of nitrogens with zero attached hydrogens (tertiary/aromatic N) is 1. The van der Waals surface area contributed by atoms with E-state index in [0.717, 1.165) is 5.56 Å². The predicted octanol–water partition coefficient (Wildman–Crippen LogP) is 3.12. The number of carboxylic acids is 1. The maximum atomic E-state index is 10.7. The van der Waals surface area contributed by atoms with Crippen LogP contribution in [0.4, 0.5) is 5.13 Å². The molecule has 0 amide bonds. The summed E-state index contributed by atoms with van der Waals surface area (Å²) in [7, 11) is 0. The fraction of sp³-hybridized carbons (Fsp3) is 0.167. The number of rotatable bonds is 2. The van der Waals surface area contributed by atoms with E-state index in [1.54, 1.807) is 29.6 Å². The molecule has 2 aromatic rings. The maximum Gasteiger partial charge on any atom is 0.335 e. The van der Waals surface area contributed by atoms with Crippen LogP contribution >= 0.6 is 11.3 Å². The van der Waals surface area contributed by atoms with Gasteiger partial charge < -0.3 is 10.8 Å². The van der Waals surface area contributed by atoms with Crippen molar-refractivity contribution in [1.82, 2.24) is 4.98 Å². The first-order chi connectivity index (χ1) is 8.16. The van der Waals surface area contributed by atoms with E-state index in [9.17, 15) is 4.79 Å². The van der Waals surface area contributed by atoms with Gasteiger partial charge in [-0.05, 0) is 12.1 Å². The highest BCUT2D eigenvalue weighted by molar-refractivity contribution is 7.13. The topological polar surface area (TPSA) is 76.2 Å². The number of carboxylic acid groups (broad SMARTS) is 1. The number of nitrogens with two attached hydrogens (primary N) is 1. The second-order valence-corrected chi connectivity index (χ2v) is 3.85. The van der Waals surface area contributed by atoms with Gasteiger partial charge in [-0.2, -0.15) is 0 Å². The van der Waals surface area contributed by atoms with Crippen molar-refractivity contribution >= 4 is 22.4 Å². The fourth-order valence-electron chi connectivity index (χ4n) is 1.23. The summed E-state index contributed by atoms with van der Waals surface area (Å²) < 4.78 is 0. The predicted molar refractivity (Wildman–Crippen MR) is 70.3 cm³/mol. The molecular formula is C12H14N2O2S. The second kappa shape index (κ2) is 6.00. The van der Waals surface area contributed by atoms with Crippen LogP contribution in [0.15, 0.2) is 29.6 Å². The van der Waals surface area contributed by atoms with E-state index < -0.39 is 5.97 Å². The van der Waals surface area contributed by atoms with Gasteiger partial charge in [-0.3, -0.25) is 0 Å². The Morgan fingerprint density at radius 1 is 1.41 bits per heavy atom. The molecule has 0 spiro atoms. The highest BCUT2D eigenvalue weighted by Gasteiger charge is 2.06. The van der Waals surface area contributed by atoms with Gasteiger partial charge in [-0.1, -0.05) is 26.0 Å². The Morgan fingerprint density at radius 3 is 2.65 bits per heavy atom. The molecule has 5 heteroatoms. The van der Waals surface area contributed by atoms with Crippen LogP contribution in [-0.2, 0) is 0 Å². The summed E-state index contributed by atoms with van der Waals surface area (Å²) in [5.41, 5.74) is 7.23. The first-order valence-electron chi connectivity index (χ1n) is 5.21. The van der Waals surface area contributed by atoms with Crippen LogP contribution in [0, 0.1) is 0 Å². The van der Waals surface area contributed by atoms with Gasteiger partial charge in [-0.25, -0.2) is 9.78 Å². The summed E-state index contributed by atoms with van der Waals surface area (Å²) in [5, 5.41) is 11.1. The maximum absolute atomic E-state index is 10.7. The molecule has 1 aromatic heterocycles. The minimum absolute atomic E-state index is 0.249. The fourth-order valence-corrected chi connectivity index (χ4v) is 1.80. The van der Waals surface area contributed by atoms with E-state index in [2.05, 4.69) is 4.98 Å². The van der Waals surface area contributed by atoms with Crippen LogP contribution in [0.2, 0.25) is 0 Å². The molecule has 2 rings (SSSR count). The lowest BCUT2D eigenvalue weighted by atomic mass is 10.1. The molecule has 90 valence electrons. The molecular weight excluding hydrogens is 236 g/mol. The molecule has 0 bridgehead atoms. The van der Waals surface area contributed by atoms with Gasteiger partial charge in [0, 0.05) is 10.9 Å². The number of thiazole rings is 1. The minimum atomic E-state index is -0.944. The summed E-state index contributed by atoms with van der Waals surface area (Å²) in [6, 6.07) is 6.62. The molecule has 0 aliphatic heterocycles. The average molecular weight is 250 g/mol. The zero-order valence-corrected chi connectivity index (χ0v) is 10.5. The number of aromatic carboxylic acids is 1. The average Bonchev–Trinajstić information content (AvgIpc) is 2.79. The normalized spacial score (nSPS) is 9.29. The van der Waals surface area contributed by atoms with Crippen LogP contribution in [0.1, 0.15) is 24.2 Å². The first kappa shape index (κ1) is 13.2. The highest BCUT2D eigenvalue weighted by Crippen LogP contribution is 2.23. The van der Waals surface area contributed by atoms with Crippen LogP contribution in [0.5, 0.6) is 0 Å². The standard InChI is InChI=1S/C10H8N2O2S.C2H6/c11-10-12-8(5-15-10)6-2-1-3-7(4-6)9(13)14;1-2/h1-5H,(H2,11,12)(H,13,14);1-2H3. The third kappa shape index (κ3) is 3.29. The Hall–Kier alpha value is -1.88. The largest absolute Gasteiger partial charge is 0.478 e. The minimum Gasteiger partial charge on any atom is -0.478 e. The summed E-state index contributed by atoms with van der Waals surface area (Å²) >= 11 is 1.33. The van der Waals surface area contributed by atoms with Crippen LogP contribution in [0.3, 0.4) is 0 Å². The van der Waals surface area contributed by atoms with Crippen molar-refractivity contribution in [2.45, 2.75) is 13.8 Å². The summed E-state index contributed by atoms with van der Waals surface area (Å²) in [6.45, 7) is 4.00. The van der Waals surface area contributed by atoms with Crippen molar-refractivity contribution in [3.8, 4) is 11.3 Å². The number of hydrogen-bond donors (Lipinski definition) is 2. The monoisotopic (exact) mass is 250 g/mol. The molecule has 0 saturated carbocycles. The second-order valence-electron chi connectivity index (χ2n) is 2.96. The lowest BCUT2D eigenvalue weighted by molar-refractivity contribution is 0.0697. The van der Waals surface area contributed by atoms with Gasteiger partial charge in [0.25, 0.3) is 0 Å². The lowest BCUT2D eigenvalue weighted by Crippen LogP contribution is -1.95. The molecule has 0 fully saturated rings. The molecule has 1 aromatic carbocycles. The molecule has 0 radical (unpaired) electrons. The zero-order chi connectivity index (χ0) is 12.8. The van der Waals surface area contributed by atoms with Crippen LogP contribution in [0.25, 0.3) is 11.3 Å². The Balaban J connectivity index is 0.000000686. The van der Waals surface area contributed by atoms with Gasteiger partial charge in [0.1, 0.15) is 0 Å². The number of carbonyl (C=O) groups is 1. The number of hydrogen-bond acceptors (Lipinski definition) is 4.